The minimum Gasteiger partial charge on any atom is -0.378 e. The Kier molecular flexibility index (Phi) is 3.75. The number of hydrogen-bond donors (Lipinski definition) is 1. The molecule has 0 spiro atoms. The minimum absolute atomic E-state index is 0.404. The van der Waals surface area contributed by atoms with Gasteiger partial charge in [0.1, 0.15) is 0 Å². The van der Waals surface area contributed by atoms with E-state index in [0.29, 0.717) is 12.1 Å². The van der Waals surface area contributed by atoms with Crippen molar-refractivity contribution in [1.29, 1.82) is 0 Å². The number of pyridine rings is 1. The predicted molar refractivity (Wildman–Crippen MR) is 72.9 cm³/mol. The van der Waals surface area contributed by atoms with Gasteiger partial charge in [-0.2, -0.15) is 0 Å². The van der Waals surface area contributed by atoms with Gasteiger partial charge in [0.2, 0.25) is 0 Å². The van der Waals surface area contributed by atoms with Gasteiger partial charge < -0.3 is 10.1 Å². The van der Waals surface area contributed by atoms with Crippen molar-refractivity contribution in [3.05, 3.63) is 30.2 Å². The fourth-order valence-corrected chi connectivity index (χ4v) is 2.60. The Morgan fingerprint density at radius 1 is 1.42 bits per heavy atom. The Morgan fingerprint density at radius 3 is 3.26 bits per heavy atom. The molecule has 0 bridgehead atoms. The molecule has 2 atom stereocenters. The molecule has 5 nitrogen and oxygen atoms in total. The molecular weight excluding hydrogens is 240 g/mol. The molecule has 1 N–H and O–H groups in total. The van der Waals surface area contributed by atoms with Crippen molar-refractivity contribution in [2.24, 2.45) is 0 Å². The second-order valence-electron chi connectivity index (χ2n) is 5.05. The van der Waals surface area contributed by atoms with Crippen LogP contribution in [0.2, 0.25) is 0 Å². The first-order valence-electron chi connectivity index (χ1n) is 7.00. The SMILES string of the molecule is CCC1CC(NCc2nnc3ccccn23)CCO1. The van der Waals surface area contributed by atoms with Crippen LogP contribution in [-0.4, -0.2) is 33.4 Å². The van der Waals surface area contributed by atoms with Crippen LogP contribution in [0, 0.1) is 0 Å². The summed E-state index contributed by atoms with van der Waals surface area (Å²) in [4.78, 5) is 0. The molecule has 102 valence electrons. The normalized spacial score (nSPS) is 23.8. The Balaban J connectivity index is 1.63. The molecule has 0 radical (unpaired) electrons. The molecule has 1 fully saturated rings. The monoisotopic (exact) mass is 260 g/mol. The van der Waals surface area contributed by atoms with E-state index in [-0.39, 0.29) is 0 Å². The van der Waals surface area contributed by atoms with Crippen molar-refractivity contribution in [2.45, 2.75) is 44.9 Å². The number of ether oxygens (including phenoxy) is 1. The van der Waals surface area contributed by atoms with Crippen LogP contribution >= 0.6 is 0 Å². The number of hydrogen-bond acceptors (Lipinski definition) is 4. The van der Waals surface area contributed by atoms with Crippen LogP contribution in [0.1, 0.15) is 32.0 Å². The lowest BCUT2D eigenvalue weighted by atomic mass is 10.0. The molecular formula is C14H20N4O. The van der Waals surface area contributed by atoms with Crippen LogP contribution in [0.3, 0.4) is 0 Å². The van der Waals surface area contributed by atoms with Crippen molar-refractivity contribution < 1.29 is 4.74 Å². The maximum Gasteiger partial charge on any atom is 0.160 e. The first-order valence-corrected chi connectivity index (χ1v) is 7.00. The van der Waals surface area contributed by atoms with E-state index in [1.807, 2.05) is 28.8 Å². The van der Waals surface area contributed by atoms with Gasteiger partial charge in [-0.25, -0.2) is 0 Å². The zero-order valence-corrected chi connectivity index (χ0v) is 11.2. The molecule has 0 aliphatic carbocycles. The summed E-state index contributed by atoms with van der Waals surface area (Å²) < 4.78 is 7.72. The molecule has 1 aliphatic rings. The van der Waals surface area contributed by atoms with E-state index in [1.165, 1.54) is 0 Å². The topological polar surface area (TPSA) is 51.5 Å². The predicted octanol–water partition coefficient (Wildman–Crippen LogP) is 1.78. The summed E-state index contributed by atoms with van der Waals surface area (Å²) in [6, 6.07) is 6.47. The summed E-state index contributed by atoms with van der Waals surface area (Å²) in [7, 11) is 0. The first kappa shape index (κ1) is 12.6. The van der Waals surface area contributed by atoms with Crippen LogP contribution in [0.5, 0.6) is 0 Å². The summed E-state index contributed by atoms with van der Waals surface area (Å²) in [6.07, 6.45) is 5.67. The molecule has 3 heterocycles. The summed E-state index contributed by atoms with van der Waals surface area (Å²) in [5.41, 5.74) is 0.901. The van der Waals surface area contributed by atoms with Crippen LogP contribution in [0.4, 0.5) is 0 Å². The van der Waals surface area contributed by atoms with E-state index in [2.05, 4.69) is 22.4 Å². The van der Waals surface area contributed by atoms with Crippen LogP contribution in [0.25, 0.3) is 5.65 Å². The number of rotatable bonds is 4. The standard InChI is InChI=1S/C14H20N4O/c1-2-12-9-11(6-8-19-12)15-10-14-17-16-13-5-3-4-7-18(13)14/h3-5,7,11-12,15H,2,6,8-10H2,1H3. The van der Waals surface area contributed by atoms with Gasteiger partial charge in [-0.15, -0.1) is 10.2 Å². The number of nitrogens with zero attached hydrogens (tertiary/aromatic N) is 3. The van der Waals surface area contributed by atoms with Crippen molar-refractivity contribution in [3.63, 3.8) is 0 Å². The van der Waals surface area contributed by atoms with Crippen LogP contribution in [0.15, 0.2) is 24.4 Å². The third-order valence-corrected chi connectivity index (χ3v) is 3.76. The van der Waals surface area contributed by atoms with Crippen LogP contribution < -0.4 is 5.32 Å². The summed E-state index contributed by atoms with van der Waals surface area (Å²) in [6.45, 7) is 3.79. The van der Waals surface area contributed by atoms with E-state index in [1.54, 1.807) is 0 Å². The van der Waals surface area contributed by atoms with Crippen LogP contribution in [-0.2, 0) is 11.3 Å². The Hall–Kier alpha value is -1.46. The van der Waals surface area contributed by atoms with Gasteiger partial charge in [0.25, 0.3) is 0 Å². The maximum absolute atomic E-state index is 5.69. The summed E-state index contributed by atoms with van der Waals surface area (Å²) in [5.74, 6) is 0.968. The first-order chi connectivity index (χ1) is 9.36. The van der Waals surface area contributed by atoms with Gasteiger partial charge >= 0.3 is 0 Å². The van der Waals surface area contributed by atoms with E-state index in [9.17, 15) is 0 Å². The second kappa shape index (κ2) is 5.67. The molecule has 2 aromatic rings. The molecule has 1 saturated heterocycles. The molecule has 2 unspecified atom stereocenters. The van der Waals surface area contributed by atoms with Crippen molar-refractivity contribution >= 4 is 5.65 Å². The molecule has 1 aliphatic heterocycles. The van der Waals surface area contributed by atoms with Gasteiger partial charge in [0.05, 0.1) is 12.6 Å². The van der Waals surface area contributed by atoms with Gasteiger partial charge in [-0.1, -0.05) is 13.0 Å². The lowest BCUT2D eigenvalue weighted by molar-refractivity contribution is -0.000435. The molecule has 2 aromatic heterocycles. The van der Waals surface area contributed by atoms with Gasteiger partial charge in [-0.3, -0.25) is 4.40 Å². The summed E-state index contributed by atoms with van der Waals surface area (Å²) in [5, 5.41) is 12.0. The molecule has 0 aromatic carbocycles. The third-order valence-electron chi connectivity index (χ3n) is 3.76. The maximum atomic E-state index is 5.69. The molecule has 19 heavy (non-hydrogen) atoms. The fourth-order valence-electron chi connectivity index (χ4n) is 2.60. The average molecular weight is 260 g/mol. The zero-order valence-electron chi connectivity index (χ0n) is 11.2. The number of aromatic nitrogens is 3. The Labute approximate surface area is 113 Å². The van der Waals surface area contributed by atoms with Crippen molar-refractivity contribution in [3.8, 4) is 0 Å². The van der Waals surface area contributed by atoms with E-state index < -0.39 is 0 Å². The molecule has 0 saturated carbocycles. The lowest BCUT2D eigenvalue weighted by Crippen LogP contribution is -2.38. The highest BCUT2D eigenvalue weighted by molar-refractivity contribution is 5.36. The number of nitrogens with one attached hydrogen (secondary N) is 1. The molecule has 5 heteroatoms. The Morgan fingerprint density at radius 2 is 2.37 bits per heavy atom. The molecule has 0 amide bonds. The Bertz CT molecular complexity index is 539. The minimum atomic E-state index is 0.404. The third kappa shape index (κ3) is 2.77. The lowest BCUT2D eigenvalue weighted by Gasteiger charge is -2.29. The van der Waals surface area contributed by atoms with Gasteiger partial charge in [0, 0.05) is 18.8 Å². The quantitative estimate of drug-likeness (QED) is 0.910. The van der Waals surface area contributed by atoms with Gasteiger partial charge in [-0.05, 0) is 31.4 Å². The van der Waals surface area contributed by atoms with Gasteiger partial charge in [0.15, 0.2) is 11.5 Å². The highest BCUT2D eigenvalue weighted by Gasteiger charge is 2.21. The van der Waals surface area contributed by atoms with E-state index in [4.69, 9.17) is 4.74 Å². The number of fused-ring (bicyclic) bond motifs is 1. The molecule has 3 rings (SSSR count). The van der Waals surface area contributed by atoms with Crippen molar-refractivity contribution in [1.82, 2.24) is 19.9 Å². The summed E-state index contributed by atoms with van der Waals surface area (Å²) >= 11 is 0. The van der Waals surface area contributed by atoms with E-state index in [0.717, 1.165) is 43.9 Å². The van der Waals surface area contributed by atoms with E-state index >= 15 is 0 Å². The largest absolute Gasteiger partial charge is 0.378 e. The highest BCUT2D eigenvalue weighted by atomic mass is 16.5. The smallest absolute Gasteiger partial charge is 0.160 e. The average Bonchev–Trinajstić information content (AvgIpc) is 2.89. The highest BCUT2D eigenvalue weighted by Crippen LogP contribution is 2.16. The fraction of sp³-hybridized carbons (Fsp3) is 0.571. The van der Waals surface area contributed by atoms with Crippen molar-refractivity contribution in [2.75, 3.05) is 6.61 Å². The second-order valence-corrected chi connectivity index (χ2v) is 5.05. The zero-order chi connectivity index (χ0) is 13.1.